The Balaban J connectivity index is 2.94. The van der Waals surface area contributed by atoms with Crippen LogP contribution in [-0.2, 0) is 21.0 Å². The topological polar surface area (TPSA) is 72.0 Å². The van der Waals surface area contributed by atoms with E-state index in [4.69, 9.17) is 0 Å². The minimum absolute atomic E-state index is 0.557. The summed E-state index contributed by atoms with van der Waals surface area (Å²) in [6.07, 6.45) is 2.00. The van der Waals surface area contributed by atoms with Crippen LogP contribution in [0.15, 0.2) is 0 Å². The van der Waals surface area contributed by atoms with Crippen molar-refractivity contribution < 1.29 is 8.42 Å². The van der Waals surface area contributed by atoms with Crippen LogP contribution in [0.25, 0.3) is 0 Å². The van der Waals surface area contributed by atoms with Gasteiger partial charge < -0.3 is 5.32 Å². The molecule has 92 valence electrons. The van der Waals surface area contributed by atoms with Crippen molar-refractivity contribution in [2.45, 2.75) is 25.0 Å². The highest BCUT2D eigenvalue weighted by Crippen LogP contribution is 2.31. The maximum Gasteiger partial charge on any atom is 0.159 e. The van der Waals surface area contributed by atoms with Crippen LogP contribution in [0.2, 0.25) is 0 Å². The maximum atomic E-state index is 11.6. The quantitative estimate of drug-likeness (QED) is 0.841. The van der Waals surface area contributed by atoms with Crippen molar-refractivity contribution in [2.24, 2.45) is 0 Å². The second-order valence-corrected chi connectivity index (χ2v) is 7.76. The van der Waals surface area contributed by atoms with Gasteiger partial charge in [0.1, 0.15) is 14.8 Å². The van der Waals surface area contributed by atoms with Gasteiger partial charge in [0, 0.05) is 19.2 Å². The van der Waals surface area contributed by atoms with Gasteiger partial charge in [0.15, 0.2) is 9.84 Å². The van der Waals surface area contributed by atoms with Gasteiger partial charge >= 0.3 is 0 Å². The SMILES string of the molecule is CNCCc1nnc(C(C)(C)S(C)(=O)=O)s1. The maximum absolute atomic E-state index is 11.6. The third-order valence-corrected chi connectivity index (χ3v) is 5.98. The van der Waals surface area contributed by atoms with Crippen LogP contribution >= 0.6 is 11.3 Å². The average molecular weight is 263 g/mol. The number of aromatic nitrogens is 2. The second kappa shape index (κ2) is 4.77. The van der Waals surface area contributed by atoms with Crippen molar-refractivity contribution in [1.29, 1.82) is 0 Å². The zero-order valence-electron chi connectivity index (χ0n) is 9.94. The Bertz CT molecular complexity index is 451. The summed E-state index contributed by atoms with van der Waals surface area (Å²) in [6.45, 7) is 4.13. The number of nitrogens with one attached hydrogen (secondary N) is 1. The van der Waals surface area contributed by atoms with Crippen LogP contribution in [0.5, 0.6) is 0 Å². The zero-order valence-corrected chi connectivity index (χ0v) is 11.6. The number of sulfone groups is 1. The van der Waals surface area contributed by atoms with Gasteiger partial charge in [-0.1, -0.05) is 11.3 Å². The molecule has 1 aromatic heterocycles. The molecule has 7 heteroatoms. The second-order valence-electron chi connectivity index (χ2n) is 4.14. The lowest BCUT2D eigenvalue weighted by atomic mass is 10.2. The van der Waals surface area contributed by atoms with E-state index in [1.807, 2.05) is 7.05 Å². The first-order chi connectivity index (χ1) is 7.29. The molecule has 5 nitrogen and oxygen atoms in total. The van der Waals surface area contributed by atoms with Crippen LogP contribution in [0.1, 0.15) is 23.9 Å². The lowest BCUT2D eigenvalue weighted by molar-refractivity contribution is 0.558. The van der Waals surface area contributed by atoms with Gasteiger partial charge in [-0.05, 0) is 20.9 Å². The van der Waals surface area contributed by atoms with Gasteiger partial charge in [0.2, 0.25) is 0 Å². The summed E-state index contributed by atoms with van der Waals surface area (Å²) in [6, 6.07) is 0. The van der Waals surface area contributed by atoms with Crippen LogP contribution < -0.4 is 5.32 Å². The lowest BCUT2D eigenvalue weighted by Crippen LogP contribution is -2.27. The first-order valence-corrected chi connectivity index (χ1v) is 7.67. The molecule has 0 saturated carbocycles. The molecule has 0 atom stereocenters. The fraction of sp³-hybridized carbons (Fsp3) is 0.778. The predicted molar refractivity (Wildman–Crippen MR) is 65.4 cm³/mol. The summed E-state index contributed by atoms with van der Waals surface area (Å²) in [4.78, 5) is 0. The lowest BCUT2D eigenvalue weighted by Gasteiger charge is -2.18. The van der Waals surface area contributed by atoms with Crippen molar-refractivity contribution in [3.8, 4) is 0 Å². The van der Waals surface area contributed by atoms with Gasteiger partial charge in [-0.15, -0.1) is 10.2 Å². The third-order valence-electron chi connectivity index (χ3n) is 2.50. The molecule has 1 heterocycles. The van der Waals surface area contributed by atoms with Gasteiger partial charge in [-0.25, -0.2) is 8.42 Å². The molecule has 0 bridgehead atoms. The zero-order chi connectivity index (χ0) is 12.4. The minimum atomic E-state index is -3.17. The molecule has 0 aliphatic rings. The Morgan fingerprint density at radius 3 is 2.50 bits per heavy atom. The summed E-state index contributed by atoms with van der Waals surface area (Å²) in [5, 5.41) is 12.4. The Kier molecular flexibility index (Phi) is 4.03. The summed E-state index contributed by atoms with van der Waals surface area (Å²) in [7, 11) is -1.31. The molecule has 0 aromatic carbocycles. The Hall–Kier alpha value is -0.530. The van der Waals surface area contributed by atoms with Crippen LogP contribution in [0, 0.1) is 0 Å². The number of hydrogen-bond acceptors (Lipinski definition) is 6. The van der Waals surface area contributed by atoms with E-state index in [0.29, 0.717) is 5.01 Å². The fourth-order valence-corrected chi connectivity index (χ4v) is 2.76. The number of nitrogens with zero attached hydrogens (tertiary/aromatic N) is 2. The van der Waals surface area contributed by atoms with Crippen molar-refractivity contribution in [3.05, 3.63) is 10.0 Å². The van der Waals surface area contributed by atoms with Crippen LogP contribution in [0.3, 0.4) is 0 Å². The molecule has 1 rings (SSSR count). The van der Waals surface area contributed by atoms with Crippen molar-refractivity contribution in [3.63, 3.8) is 0 Å². The molecule has 1 aromatic rings. The predicted octanol–water partition coefficient (Wildman–Crippen LogP) is 0.580. The monoisotopic (exact) mass is 263 g/mol. The molecule has 0 aliphatic heterocycles. The highest BCUT2D eigenvalue weighted by molar-refractivity contribution is 7.91. The largest absolute Gasteiger partial charge is 0.319 e. The first kappa shape index (κ1) is 13.5. The smallest absolute Gasteiger partial charge is 0.159 e. The molecule has 0 spiro atoms. The van der Waals surface area contributed by atoms with Crippen molar-refractivity contribution in [1.82, 2.24) is 15.5 Å². The molecular formula is C9H17N3O2S2. The van der Waals surface area contributed by atoms with Gasteiger partial charge in [-0.3, -0.25) is 0 Å². The van der Waals surface area contributed by atoms with E-state index in [0.717, 1.165) is 18.0 Å². The standard InChI is InChI=1S/C9H17N3O2S2/c1-9(2,16(4,13)14)8-12-11-7(15-8)5-6-10-3/h10H,5-6H2,1-4H3. The summed E-state index contributed by atoms with van der Waals surface area (Å²) in [5.74, 6) is 0. The van der Waals surface area contributed by atoms with Crippen LogP contribution in [0.4, 0.5) is 0 Å². The Morgan fingerprint density at radius 2 is 2.00 bits per heavy atom. The molecular weight excluding hydrogens is 246 g/mol. The van der Waals surface area contributed by atoms with Gasteiger partial charge in [0.25, 0.3) is 0 Å². The Labute approximate surface area is 100 Å². The van der Waals surface area contributed by atoms with Gasteiger partial charge in [-0.2, -0.15) is 0 Å². The third kappa shape index (κ3) is 2.78. The number of rotatable bonds is 5. The number of likely N-dealkylation sites (N-methyl/N-ethyl adjacent to an activating group) is 1. The summed E-state index contributed by atoms with van der Waals surface area (Å²) in [5.41, 5.74) is 0. The molecule has 1 N–H and O–H groups in total. The van der Waals surface area contributed by atoms with Crippen molar-refractivity contribution in [2.75, 3.05) is 19.8 Å². The van der Waals surface area contributed by atoms with E-state index >= 15 is 0 Å². The molecule has 0 aliphatic carbocycles. The minimum Gasteiger partial charge on any atom is -0.319 e. The molecule has 0 amide bonds. The highest BCUT2D eigenvalue weighted by atomic mass is 32.2. The fourth-order valence-electron chi connectivity index (χ4n) is 0.988. The molecule has 0 saturated heterocycles. The molecule has 16 heavy (non-hydrogen) atoms. The van der Waals surface area contributed by atoms with E-state index in [-0.39, 0.29) is 0 Å². The van der Waals surface area contributed by atoms with E-state index in [1.54, 1.807) is 13.8 Å². The Morgan fingerprint density at radius 1 is 1.38 bits per heavy atom. The van der Waals surface area contributed by atoms with E-state index < -0.39 is 14.6 Å². The first-order valence-electron chi connectivity index (χ1n) is 4.96. The van der Waals surface area contributed by atoms with E-state index in [1.165, 1.54) is 17.6 Å². The number of hydrogen-bond donors (Lipinski definition) is 1. The van der Waals surface area contributed by atoms with E-state index in [9.17, 15) is 8.42 Å². The highest BCUT2D eigenvalue weighted by Gasteiger charge is 2.35. The van der Waals surface area contributed by atoms with E-state index in [2.05, 4.69) is 15.5 Å². The normalized spacial score (nSPS) is 13.0. The van der Waals surface area contributed by atoms with Crippen LogP contribution in [-0.4, -0.2) is 38.5 Å². The average Bonchev–Trinajstić information content (AvgIpc) is 2.61. The summed E-state index contributed by atoms with van der Waals surface area (Å²) < 4.78 is 22.3. The van der Waals surface area contributed by atoms with Crippen molar-refractivity contribution >= 4 is 21.2 Å². The molecule has 0 fully saturated rings. The molecule has 0 radical (unpaired) electrons. The molecule has 0 unspecified atom stereocenters. The van der Waals surface area contributed by atoms with Gasteiger partial charge in [0.05, 0.1) is 0 Å². The summed E-state index contributed by atoms with van der Waals surface area (Å²) >= 11 is 1.37.